The van der Waals surface area contributed by atoms with Crippen molar-refractivity contribution in [2.75, 3.05) is 0 Å². The van der Waals surface area contributed by atoms with E-state index in [9.17, 15) is 4.79 Å². The summed E-state index contributed by atoms with van der Waals surface area (Å²) in [5.41, 5.74) is 0.871. The summed E-state index contributed by atoms with van der Waals surface area (Å²) in [6.07, 6.45) is 0. The fraction of sp³-hybridized carbons (Fsp3) is 0.417. The van der Waals surface area contributed by atoms with Gasteiger partial charge in [-0.05, 0) is 6.92 Å². The van der Waals surface area contributed by atoms with Crippen molar-refractivity contribution in [2.24, 2.45) is 16.1 Å². The highest BCUT2D eigenvalue weighted by molar-refractivity contribution is 5.97. The zero-order valence-electron chi connectivity index (χ0n) is 10.1. The summed E-state index contributed by atoms with van der Waals surface area (Å²) >= 11 is 0. The summed E-state index contributed by atoms with van der Waals surface area (Å²) in [6, 6.07) is 5.47. The van der Waals surface area contributed by atoms with Gasteiger partial charge in [0.2, 0.25) is 5.66 Å². The topological polar surface area (TPSA) is 41.8 Å². The van der Waals surface area contributed by atoms with E-state index in [-0.39, 0.29) is 17.7 Å². The van der Waals surface area contributed by atoms with Crippen LogP contribution in [0.1, 0.15) is 38.1 Å². The molecule has 1 aromatic carbocycles. The van der Waals surface area contributed by atoms with Gasteiger partial charge >= 0.3 is 0 Å². The van der Waals surface area contributed by atoms with Crippen molar-refractivity contribution >= 4 is 5.78 Å². The SMILES string of the molecule is [3H]c1cc(C2(C)N=N2)ccc1C(=O)C(C)C. The first kappa shape index (κ1) is 8.77. The van der Waals surface area contributed by atoms with Gasteiger partial charge in [-0.15, -0.1) is 0 Å². The quantitative estimate of drug-likeness (QED) is 0.697. The fourth-order valence-electron chi connectivity index (χ4n) is 1.37. The van der Waals surface area contributed by atoms with Crippen LogP contribution in [0.25, 0.3) is 0 Å². The average Bonchev–Trinajstić information content (AvgIpc) is 2.96. The van der Waals surface area contributed by atoms with Crippen molar-refractivity contribution in [3.05, 3.63) is 35.4 Å². The second-order valence-corrected chi connectivity index (χ2v) is 4.23. The van der Waals surface area contributed by atoms with Crippen LogP contribution < -0.4 is 0 Å². The first-order valence-corrected chi connectivity index (χ1v) is 5.03. The zero-order chi connectivity index (χ0) is 11.9. The molecule has 0 aliphatic carbocycles. The first-order chi connectivity index (χ1) is 7.44. The number of benzene rings is 1. The molecule has 0 saturated heterocycles. The van der Waals surface area contributed by atoms with E-state index in [1.54, 1.807) is 12.1 Å². The van der Waals surface area contributed by atoms with Gasteiger partial charge in [-0.1, -0.05) is 38.1 Å². The Hall–Kier alpha value is -1.51. The summed E-state index contributed by atoms with van der Waals surface area (Å²) in [5, 5.41) is 7.82. The molecule has 1 heterocycles. The highest BCUT2D eigenvalue weighted by atomic mass is 16.1. The Balaban J connectivity index is 2.34. The van der Waals surface area contributed by atoms with E-state index in [2.05, 4.69) is 10.2 Å². The van der Waals surface area contributed by atoms with Crippen LogP contribution in [0.15, 0.2) is 34.5 Å². The molecule has 1 aliphatic heterocycles. The van der Waals surface area contributed by atoms with Crippen molar-refractivity contribution in [1.29, 1.82) is 0 Å². The molecule has 0 atom stereocenters. The van der Waals surface area contributed by atoms with Crippen molar-refractivity contribution in [2.45, 2.75) is 26.4 Å². The Morgan fingerprint density at radius 2 is 2.07 bits per heavy atom. The molecular formula is C12H14N2O. The van der Waals surface area contributed by atoms with E-state index in [0.717, 1.165) is 5.56 Å². The molecule has 78 valence electrons. The molecule has 0 amide bonds. The highest BCUT2D eigenvalue weighted by Crippen LogP contribution is 2.38. The Morgan fingerprint density at radius 1 is 1.40 bits per heavy atom. The van der Waals surface area contributed by atoms with Gasteiger partial charge < -0.3 is 0 Å². The Labute approximate surface area is 90.6 Å². The molecule has 0 unspecified atom stereocenters. The smallest absolute Gasteiger partial charge is 0.213 e. The molecule has 0 spiro atoms. The van der Waals surface area contributed by atoms with Crippen molar-refractivity contribution in [3.8, 4) is 0 Å². The van der Waals surface area contributed by atoms with Crippen LogP contribution in [0.4, 0.5) is 0 Å². The summed E-state index contributed by atoms with van der Waals surface area (Å²) < 4.78 is 7.84. The maximum atomic E-state index is 11.8. The van der Waals surface area contributed by atoms with Crippen LogP contribution in [0.5, 0.6) is 0 Å². The van der Waals surface area contributed by atoms with Crippen LogP contribution in [0, 0.1) is 5.92 Å². The zero-order valence-corrected chi connectivity index (χ0v) is 9.11. The minimum Gasteiger partial charge on any atom is -0.294 e. The lowest BCUT2D eigenvalue weighted by Gasteiger charge is -2.07. The predicted octanol–water partition coefficient (Wildman–Crippen LogP) is 3.16. The van der Waals surface area contributed by atoms with E-state index < -0.39 is 5.66 Å². The van der Waals surface area contributed by atoms with Crippen LogP contribution in [0.3, 0.4) is 0 Å². The van der Waals surface area contributed by atoms with Crippen LogP contribution >= 0.6 is 0 Å². The second kappa shape index (κ2) is 3.26. The molecule has 0 bridgehead atoms. The largest absolute Gasteiger partial charge is 0.294 e. The van der Waals surface area contributed by atoms with Crippen LogP contribution in [0.2, 0.25) is 0 Å². The van der Waals surface area contributed by atoms with Crippen molar-refractivity contribution in [1.82, 2.24) is 0 Å². The van der Waals surface area contributed by atoms with E-state index >= 15 is 0 Å². The van der Waals surface area contributed by atoms with Crippen LogP contribution in [-0.4, -0.2) is 5.78 Å². The predicted molar refractivity (Wildman–Crippen MR) is 57.8 cm³/mol. The van der Waals surface area contributed by atoms with Gasteiger partial charge in [-0.2, -0.15) is 10.2 Å². The van der Waals surface area contributed by atoms with Gasteiger partial charge in [0.05, 0.1) is 1.37 Å². The van der Waals surface area contributed by atoms with Gasteiger partial charge in [0.15, 0.2) is 5.78 Å². The molecule has 3 heteroatoms. The molecule has 0 N–H and O–H groups in total. The number of hydrogen-bond acceptors (Lipinski definition) is 3. The molecule has 2 rings (SSSR count). The molecule has 1 aromatic rings. The summed E-state index contributed by atoms with van der Waals surface area (Å²) in [6.45, 7) is 5.55. The molecule has 0 aromatic heterocycles. The summed E-state index contributed by atoms with van der Waals surface area (Å²) in [5.74, 6) is -0.0767. The molecular weight excluding hydrogens is 188 g/mol. The average molecular weight is 204 g/mol. The Morgan fingerprint density at radius 3 is 2.53 bits per heavy atom. The fourth-order valence-corrected chi connectivity index (χ4v) is 1.37. The maximum Gasteiger partial charge on any atom is 0.213 e. The number of hydrogen-bond donors (Lipinski definition) is 0. The standard InChI is InChI=1S/C12H14N2O/c1-8(2)11(15)9-4-6-10(7-5-9)12(3)13-14-12/h4-8H,1-3H3/i4T. The monoisotopic (exact) mass is 204 g/mol. The van der Waals surface area contributed by atoms with Crippen LogP contribution in [-0.2, 0) is 5.66 Å². The third-order valence-corrected chi connectivity index (χ3v) is 2.55. The Kier molecular flexibility index (Phi) is 1.91. The van der Waals surface area contributed by atoms with Crippen molar-refractivity contribution in [3.63, 3.8) is 0 Å². The number of ketones is 1. The van der Waals surface area contributed by atoms with Gasteiger partial charge in [0.25, 0.3) is 0 Å². The lowest BCUT2D eigenvalue weighted by molar-refractivity contribution is 0.0939. The Bertz CT molecular complexity index is 474. The van der Waals surface area contributed by atoms with E-state index in [0.29, 0.717) is 5.56 Å². The van der Waals surface area contributed by atoms with Gasteiger partial charge in [0, 0.05) is 17.0 Å². The molecule has 0 fully saturated rings. The van der Waals surface area contributed by atoms with E-state index in [1.807, 2.05) is 26.8 Å². The maximum absolute atomic E-state index is 11.8. The second-order valence-electron chi connectivity index (χ2n) is 4.23. The van der Waals surface area contributed by atoms with Crippen molar-refractivity contribution < 1.29 is 6.17 Å². The lowest BCUT2D eigenvalue weighted by atomic mass is 9.97. The highest BCUT2D eigenvalue weighted by Gasteiger charge is 2.35. The third-order valence-electron chi connectivity index (χ3n) is 2.55. The molecule has 3 nitrogen and oxygen atoms in total. The number of nitrogens with zero attached hydrogens (tertiary/aromatic N) is 2. The number of Topliss-reactive ketones (excluding diaryl/α,β-unsaturated/α-hetero) is 1. The molecule has 15 heavy (non-hydrogen) atoms. The number of carbonyl (C=O) groups is 1. The molecule has 0 saturated carbocycles. The number of carbonyl (C=O) groups excluding carboxylic acids is 1. The van der Waals surface area contributed by atoms with Gasteiger partial charge in [-0.3, -0.25) is 4.79 Å². The molecule has 0 radical (unpaired) electrons. The molecule has 1 aliphatic rings. The first-order valence-electron chi connectivity index (χ1n) is 5.53. The summed E-state index contributed by atoms with van der Waals surface area (Å²) in [7, 11) is 0. The normalized spacial score (nSPS) is 17.7. The lowest BCUT2D eigenvalue weighted by Crippen LogP contribution is -2.08. The number of rotatable bonds is 3. The third kappa shape index (κ3) is 1.82. The van der Waals surface area contributed by atoms with E-state index in [4.69, 9.17) is 1.37 Å². The summed E-state index contributed by atoms with van der Waals surface area (Å²) in [4.78, 5) is 11.8. The minimum atomic E-state index is -0.477. The van der Waals surface area contributed by atoms with Gasteiger partial charge in [0.1, 0.15) is 0 Å². The minimum absolute atomic E-state index is 0.00591. The van der Waals surface area contributed by atoms with E-state index in [1.165, 1.54) is 0 Å². The van der Waals surface area contributed by atoms with Gasteiger partial charge in [-0.25, -0.2) is 0 Å².